The number of carbonyl (C=O) groups excluding carboxylic acids is 1. The smallest absolute Gasteiger partial charge is 0.341 e. The topological polar surface area (TPSA) is 86.5 Å². The molecule has 2 unspecified atom stereocenters. The molecule has 1 saturated carbocycles. The van der Waals surface area contributed by atoms with Crippen molar-refractivity contribution in [3.63, 3.8) is 0 Å². The summed E-state index contributed by atoms with van der Waals surface area (Å²) < 4.78 is 41.6. The molecule has 1 aromatic rings. The summed E-state index contributed by atoms with van der Waals surface area (Å²) in [6, 6.07) is 2.84. The highest BCUT2D eigenvalue weighted by atomic mass is 32.2. The molecule has 2 atom stereocenters. The molecule has 5 nitrogen and oxygen atoms in total. The van der Waals surface area contributed by atoms with Crippen molar-refractivity contribution in [2.45, 2.75) is 43.6 Å². The molecule has 1 aliphatic carbocycles. The zero-order chi connectivity index (χ0) is 15.6. The Kier molecular flexibility index (Phi) is 4.63. The second-order valence-electron chi connectivity index (χ2n) is 5.39. The second-order valence-corrected chi connectivity index (χ2v) is 6.95. The molecule has 116 valence electrons. The van der Waals surface area contributed by atoms with Gasteiger partial charge in [0.2, 0.25) is 10.0 Å². The van der Waals surface area contributed by atoms with E-state index < -0.39 is 27.4 Å². The maximum Gasteiger partial charge on any atom is 0.341 e. The van der Waals surface area contributed by atoms with Gasteiger partial charge in [0.15, 0.2) is 0 Å². The Hall–Kier alpha value is -1.47. The Morgan fingerprint density at radius 3 is 2.62 bits per heavy atom. The number of benzene rings is 1. The third-order valence-corrected chi connectivity index (χ3v) is 4.69. The lowest BCUT2D eigenvalue weighted by atomic mass is 9.88. The summed E-state index contributed by atoms with van der Waals surface area (Å²) in [5.74, 6) is -1.46. The minimum atomic E-state index is -3.99. The molecule has 1 fully saturated rings. The molecule has 0 amide bonds. The summed E-state index contributed by atoms with van der Waals surface area (Å²) in [5.41, 5.74) is -0.403. The minimum absolute atomic E-state index is 0.215. The first-order valence-electron chi connectivity index (χ1n) is 6.82. The molecule has 0 aliphatic heterocycles. The SMILES string of the molecule is CC1CCCCC1OC(=O)c1cc(S(N)(=O)=O)ccc1F. The van der Waals surface area contributed by atoms with Gasteiger partial charge in [0.05, 0.1) is 10.5 Å². The summed E-state index contributed by atoms with van der Waals surface area (Å²) in [5, 5.41) is 4.98. The number of nitrogens with two attached hydrogens (primary N) is 1. The third kappa shape index (κ3) is 3.79. The van der Waals surface area contributed by atoms with Crippen molar-refractivity contribution in [1.82, 2.24) is 0 Å². The van der Waals surface area contributed by atoms with Crippen LogP contribution in [-0.2, 0) is 14.8 Å². The predicted molar refractivity (Wildman–Crippen MR) is 74.6 cm³/mol. The molecule has 0 aromatic heterocycles. The summed E-state index contributed by atoms with van der Waals surface area (Å²) in [6.45, 7) is 1.98. The molecular weight excluding hydrogens is 297 g/mol. The predicted octanol–water partition coefficient (Wildman–Crippen LogP) is 2.21. The van der Waals surface area contributed by atoms with Crippen LogP contribution in [0.1, 0.15) is 43.0 Å². The average molecular weight is 315 g/mol. The number of hydrogen-bond donors (Lipinski definition) is 1. The van der Waals surface area contributed by atoms with Crippen LogP contribution in [0.4, 0.5) is 4.39 Å². The fraction of sp³-hybridized carbons (Fsp3) is 0.500. The van der Waals surface area contributed by atoms with Crippen LogP contribution in [0.25, 0.3) is 0 Å². The fourth-order valence-corrected chi connectivity index (χ4v) is 3.04. The second kappa shape index (κ2) is 6.11. The van der Waals surface area contributed by atoms with Crippen molar-refractivity contribution in [3.8, 4) is 0 Å². The van der Waals surface area contributed by atoms with Crippen molar-refractivity contribution in [3.05, 3.63) is 29.6 Å². The van der Waals surface area contributed by atoms with Crippen molar-refractivity contribution >= 4 is 16.0 Å². The molecule has 0 saturated heterocycles. The van der Waals surface area contributed by atoms with Crippen LogP contribution in [0.3, 0.4) is 0 Å². The van der Waals surface area contributed by atoms with Gasteiger partial charge < -0.3 is 4.74 Å². The van der Waals surface area contributed by atoms with E-state index >= 15 is 0 Å². The fourth-order valence-electron chi connectivity index (χ4n) is 2.50. The van der Waals surface area contributed by atoms with Crippen LogP contribution >= 0.6 is 0 Å². The number of hydrogen-bond acceptors (Lipinski definition) is 4. The molecule has 2 rings (SSSR count). The molecule has 7 heteroatoms. The number of carbonyl (C=O) groups is 1. The maximum absolute atomic E-state index is 13.7. The normalized spacial score (nSPS) is 22.8. The summed E-state index contributed by atoms with van der Waals surface area (Å²) >= 11 is 0. The van der Waals surface area contributed by atoms with Crippen LogP contribution in [0, 0.1) is 11.7 Å². The van der Waals surface area contributed by atoms with E-state index in [1.165, 1.54) is 0 Å². The van der Waals surface area contributed by atoms with Crippen LogP contribution < -0.4 is 5.14 Å². The average Bonchev–Trinajstić information content (AvgIpc) is 2.40. The van der Waals surface area contributed by atoms with E-state index in [1.807, 2.05) is 6.92 Å². The van der Waals surface area contributed by atoms with Gasteiger partial charge in [-0.05, 0) is 43.4 Å². The third-order valence-electron chi connectivity index (χ3n) is 3.78. The van der Waals surface area contributed by atoms with E-state index in [4.69, 9.17) is 9.88 Å². The van der Waals surface area contributed by atoms with Crippen LogP contribution in [0.15, 0.2) is 23.1 Å². The molecule has 1 aliphatic rings. The van der Waals surface area contributed by atoms with E-state index in [0.29, 0.717) is 0 Å². The van der Waals surface area contributed by atoms with Gasteiger partial charge >= 0.3 is 5.97 Å². The summed E-state index contributed by atoms with van der Waals surface area (Å²) in [4.78, 5) is 11.7. The molecule has 0 bridgehead atoms. The summed E-state index contributed by atoms with van der Waals surface area (Å²) in [7, 11) is -3.99. The van der Waals surface area contributed by atoms with E-state index in [0.717, 1.165) is 43.9 Å². The molecule has 2 N–H and O–H groups in total. The van der Waals surface area contributed by atoms with Gasteiger partial charge in [-0.2, -0.15) is 0 Å². The lowest BCUT2D eigenvalue weighted by molar-refractivity contribution is 0.00434. The lowest BCUT2D eigenvalue weighted by Crippen LogP contribution is -2.28. The van der Waals surface area contributed by atoms with Gasteiger partial charge in [0.25, 0.3) is 0 Å². The van der Waals surface area contributed by atoms with Crippen LogP contribution in [0.5, 0.6) is 0 Å². The van der Waals surface area contributed by atoms with Crippen molar-refractivity contribution in [2.75, 3.05) is 0 Å². The Labute approximate surface area is 123 Å². The number of sulfonamides is 1. The van der Waals surface area contributed by atoms with Gasteiger partial charge in [-0.15, -0.1) is 0 Å². The first-order valence-corrected chi connectivity index (χ1v) is 8.37. The van der Waals surface area contributed by atoms with E-state index in [1.54, 1.807) is 0 Å². The van der Waals surface area contributed by atoms with Crippen molar-refractivity contribution in [2.24, 2.45) is 11.1 Å². The molecule has 0 spiro atoms. The lowest BCUT2D eigenvalue weighted by Gasteiger charge is -2.28. The standard InChI is InChI=1S/C14H18FNO4S/c1-9-4-2-3-5-13(9)20-14(17)11-8-10(21(16,18)19)6-7-12(11)15/h6-9,13H,2-5H2,1H3,(H2,16,18,19). The molecule has 21 heavy (non-hydrogen) atoms. The Morgan fingerprint density at radius 1 is 1.33 bits per heavy atom. The number of esters is 1. The van der Waals surface area contributed by atoms with E-state index in [2.05, 4.69) is 0 Å². The summed E-state index contributed by atoms with van der Waals surface area (Å²) in [6.07, 6.45) is 3.48. The molecular formula is C14H18FNO4S. The van der Waals surface area contributed by atoms with Gasteiger partial charge in [-0.3, -0.25) is 0 Å². The molecule has 1 aromatic carbocycles. The molecule has 0 radical (unpaired) electrons. The highest BCUT2D eigenvalue weighted by Crippen LogP contribution is 2.27. The number of halogens is 1. The Morgan fingerprint density at radius 2 is 2.00 bits per heavy atom. The van der Waals surface area contributed by atoms with Crippen molar-refractivity contribution in [1.29, 1.82) is 0 Å². The van der Waals surface area contributed by atoms with Gasteiger partial charge in [-0.25, -0.2) is 22.7 Å². The zero-order valence-electron chi connectivity index (χ0n) is 11.7. The van der Waals surface area contributed by atoms with Gasteiger partial charge in [0, 0.05) is 0 Å². The number of primary sulfonamides is 1. The maximum atomic E-state index is 13.7. The largest absolute Gasteiger partial charge is 0.458 e. The monoisotopic (exact) mass is 315 g/mol. The first kappa shape index (κ1) is 15.9. The van der Waals surface area contributed by atoms with Crippen LogP contribution in [-0.4, -0.2) is 20.5 Å². The van der Waals surface area contributed by atoms with Gasteiger partial charge in [-0.1, -0.05) is 13.3 Å². The number of ether oxygens (including phenoxy) is 1. The zero-order valence-corrected chi connectivity index (χ0v) is 12.5. The Bertz CT molecular complexity index is 644. The highest BCUT2D eigenvalue weighted by Gasteiger charge is 2.27. The van der Waals surface area contributed by atoms with Crippen molar-refractivity contribution < 1.29 is 22.3 Å². The number of rotatable bonds is 3. The first-order chi connectivity index (χ1) is 9.79. The van der Waals surface area contributed by atoms with Crippen LogP contribution in [0.2, 0.25) is 0 Å². The van der Waals surface area contributed by atoms with E-state index in [9.17, 15) is 17.6 Å². The highest BCUT2D eigenvalue weighted by molar-refractivity contribution is 7.89. The Balaban J connectivity index is 2.22. The van der Waals surface area contributed by atoms with Gasteiger partial charge in [0.1, 0.15) is 11.9 Å². The minimum Gasteiger partial charge on any atom is -0.458 e. The molecule has 0 heterocycles. The van der Waals surface area contributed by atoms with E-state index in [-0.39, 0.29) is 16.9 Å². The quantitative estimate of drug-likeness (QED) is 0.866.